The Morgan fingerprint density at radius 1 is 0.275 bits per heavy atom. The predicted octanol–water partition coefficient (Wildman–Crippen LogP) is 20.9. The van der Waals surface area contributed by atoms with Gasteiger partial charge in [-0.1, -0.05) is 303 Å². The molecule has 0 aromatic heterocycles. The van der Waals surface area contributed by atoms with Crippen LogP contribution in [-0.2, 0) is 28.6 Å². The summed E-state index contributed by atoms with van der Waals surface area (Å²) in [4.78, 5) is 38.3. The molecular formula is C63H120O6. The molecule has 0 aliphatic heterocycles. The maximum atomic E-state index is 12.9. The Bertz CT molecular complexity index is 1070. The van der Waals surface area contributed by atoms with Crippen LogP contribution in [0.3, 0.4) is 0 Å². The van der Waals surface area contributed by atoms with Crippen LogP contribution in [0.2, 0.25) is 0 Å². The minimum atomic E-state index is -0.766. The Morgan fingerprint density at radius 2 is 0.478 bits per heavy atom. The molecule has 0 aliphatic rings. The van der Waals surface area contributed by atoms with E-state index < -0.39 is 6.10 Å². The minimum Gasteiger partial charge on any atom is -0.462 e. The molecule has 0 fully saturated rings. The van der Waals surface area contributed by atoms with Crippen LogP contribution in [0.5, 0.6) is 0 Å². The smallest absolute Gasteiger partial charge is 0.306 e. The zero-order chi connectivity index (χ0) is 50.0. The molecule has 0 amide bonds. The van der Waals surface area contributed by atoms with E-state index in [4.69, 9.17) is 14.2 Å². The largest absolute Gasteiger partial charge is 0.462 e. The second-order valence-electron chi connectivity index (χ2n) is 21.3. The minimum absolute atomic E-state index is 0.0647. The third-order valence-corrected chi connectivity index (χ3v) is 14.3. The molecule has 1 atom stereocenters. The van der Waals surface area contributed by atoms with Gasteiger partial charge in [0.15, 0.2) is 6.10 Å². The van der Waals surface area contributed by atoms with Crippen LogP contribution >= 0.6 is 0 Å². The molecule has 0 rings (SSSR count). The van der Waals surface area contributed by atoms with Crippen molar-refractivity contribution >= 4 is 17.9 Å². The summed E-state index contributed by atoms with van der Waals surface area (Å²) in [7, 11) is 0. The average molecular weight is 974 g/mol. The van der Waals surface area contributed by atoms with Crippen LogP contribution < -0.4 is 0 Å². The molecule has 0 aromatic carbocycles. The highest BCUT2D eigenvalue weighted by molar-refractivity contribution is 5.71. The normalized spacial score (nSPS) is 12.0. The number of allylic oxidation sites excluding steroid dienone is 2. The van der Waals surface area contributed by atoms with Crippen molar-refractivity contribution in [2.75, 3.05) is 13.2 Å². The third-order valence-electron chi connectivity index (χ3n) is 14.3. The Kier molecular flexibility index (Phi) is 57.1. The Morgan fingerprint density at radius 3 is 0.739 bits per heavy atom. The topological polar surface area (TPSA) is 78.9 Å². The van der Waals surface area contributed by atoms with E-state index in [-0.39, 0.29) is 31.1 Å². The van der Waals surface area contributed by atoms with E-state index in [1.54, 1.807) is 0 Å². The van der Waals surface area contributed by atoms with E-state index in [9.17, 15) is 14.4 Å². The van der Waals surface area contributed by atoms with Gasteiger partial charge in [-0.25, -0.2) is 0 Å². The molecule has 0 spiro atoms. The first-order valence-corrected chi connectivity index (χ1v) is 31.2. The lowest BCUT2D eigenvalue weighted by Crippen LogP contribution is -2.30. The lowest BCUT2D eigenvalue weighted by atomic mass is 10.0. The summed E-state index contributed by atoms with van der Waals surface area (Å²) in [6.45, 7) is 6.70. The van der Waals surface area contributed by atoms with E-state index >= 15 is 0 Å². The molecule has 0 saturated heterocycles. The van der Waals surface area contributed by atoms with Gasteiger partial charge >= 0.3 is 17.9 Å². The highest BCUT2D eigenvalue weighted by atomic mass is 16.6. The van der Waals surface area contributed by atoms with E-state index in [0.29, 0.717) is 19.3 Å². The standard InChI is InChI=1S/C63H120O6/c1-4-7-10-13-16-19-22-25-28-30-31-33-35-38-41-44-47-50-53-56-62(65)68-59-60(58-67-61(64)55-52-49-46-43-40-37-34-27-24-21-18-15-12-9-6-3)69-63(66)57-54-51-48-45-42-39-36-32-29-26-23-20-17-14-11-8-5-2/h21,24,60H,4-20,22-23,25-59H2,1-3H3/b24-21-/t60-/m1/s1. The molecule has 0 radical (unpaired) electrons. The molecule has 408 valence electrons. The Hall–Kier alpha value is -1.85. The van der Waals surface area contributed by atoms with Crippen molar-refractivity contribution in [3.8, 4) is 0 Å². The van der Waals surface area contributed by atoms with Crippen LogP contribution in [-0.4, -0.2) is 37.2 Å². The van der Waals surface area contributed by atoms with E-state index in [2.05, 4.69) is 32.9 Å². The SMILES string of the molecule is CCCCCC/C=C\CCCCCCCCCC(=O)OC[C@H](COC(=O)CCCCCCCCCCCCCCCCCCCCC)OC(=O)CCCCCCCCCCCCCCCCCCC. The number of carbonyl (C=O) groups is 3. The molecule has 0 aromatic rings. The molecule has 0 unspecified atom stereocenters. The first-order chi connectivity index (χ1) is 34.0. The van der Waals surface area contributed by atoms with Gasteiger partial charge in [-0.3, -0.25) is 14.4 Å². The summed E-state index contributed by atoms with van der Waals surface area (Å²) < 4.78 is 16.9. The highest BCUT2D eigenvalue weighted by Gasteiger charge is 2.19. The van der Waals surface area contributed by atoms with Crippen molar-refractivity contribution in [3.05, 3.63) is 12.2 Å². The molecule has 0 heterocycles. The van der Waals surface area contributed by atoms with Gasteiger partial charge in [0.25, 0.3) is 0 Å². The summed E-state index contributed by atoms with van der Waals surface area (Å²) >= 11 is 0. The van der Waals surface area contributed by atoms with Crippen LogP contribution in [0.4, 0.5) is 0 Å². The van der Waals surface area contributed by atoms with Crippen molar-refractivity contribution in [2.24, 2.45) is 0 Å². The second kappa shape index (κ2) is 58.7. The van der Waals surface area contributed by atoms with Gasteiger partial charge in [-0.05, 0) is 44.9 Å². The lowest BCUT2D eigenvalue weighted by molar-refractivity contribution is -0.167. The summed E-state index contributed by atoms with van der Waals surface area (Å²) in [5.74, 6) is -0.840. The molecule has 6 heteroatoms. The molecule has 0 bridgehead atoms. The number of hydrogen-bond donors (Lipinski definition) is 0. The Labute approximate surface area is 431 Å². The van der Waals surface area contributed by atoms with Crippen LogP contribution in [0.1, 0.15) is 355 Å². The zero-order valence-electron chi connectivity index (χ0n) is 46.9. The number of hydrogen-bond acceptors (Lipinski definition) is 6. The highest BCUT2D eigenvalue weighted by Crippen LogP contribution is 2.18. The van der Waals surface area contributed by atoms with Gasteiger partial charge in [-0.2, -0.15) is 0 Å². The first kappa shape index (κ1) is 67.1. The van der Waals surface area contributed by atoms with E-state index in [1.165, 1.54) is 257 Å². The summed E-state index contributed by atoms with van der Waals surface area (Å²) in [5.41, 5.74) is 0. The monoisotopic (exact) mass is 973 g/mol. The number of unbranched alkanes of at least 4 members (excludes halogenated alkanes) is 45. The first-order valence-electron chi connectivity index (χ1n) is 31.2. The van der Waals surface area contributed by atoms with Crippen LogP contribution in [0.25, 0.3) is 0 Å². The van der Waals surface area contributed by atoms with Crippen molar-refractivity contribution < 1.29 is 28.6 Å². The second-order valence-corrected chi connectivity index (χ2v) is 21.3. The van der Waals surface area contributed by atoms with E-state index in [1.807, 2.05) is 0 Å². The number of carbonyl (C=O) groups excluding carboxylic acids is 3. The van der Waals surface area contributed by atoms with Crippen molar-refractivity contribution in [3.63, 3.8) is 0 Å². The molecule has 0 N–H and O–H groups in total. The fraction of sp³-hybridized carbons (Fsp3) is 0.921. The molecule has 69 heavy (non-hydrogen) atoms. The fourth-order valence-electron chi connectivity index (χ4n) is 9.56. The quantitative estimate of drug-likeness (QED) is 0.0261. The van der Waals surface area contributed by atoms with Gasteiger partial charge in [0.2, 0.25) is 0 Å². The molecule has 0 saturated carbocycles. The maximum absolute atomic E-state index is 12.9. The summed E-state index contributed by atoms with van der Waals surface area (Å²) in [5, 5.41) is 0. The number of rotatable bonds is 58. The van der Waals surface area contributed by atoms with Gasteiger partial charge in [-0.15, -0.1) is 0 Å². The van der Waals surface area contributed by atoms with E-state index in [0.717, 1.165) is 57.8 Å². The van der Waals surface area contributed by atoms with Crippen molar-refractivity contribution in [1.29, 1.82) is 0 Å². The summed E-state index contributed by atoms with van der Waals surface area (Å²) in [6.07, 6.45) is 67.8. The number of ether oxygens (including phenoxy) is 3. The van der Waals surface area contributed by atoms with Crippen LogP contribution in [0, 0.1) is 0 Å². The Balaban J connectivity index is 4.29. The van der Waals surface area contributed by atoms with Gasteiger partial charge in [0.05, 0.1) is 0 Å². The summed E-state index contributed by atoms with van der Waals surface area (Å²) in [6, 6.07) is 0. The predicted molar refractivity (Wildman–Crippen MR) is 298 cm³/mol. The number of esters is 3. The average Bonchev–Trinajstić information content (AvgIpc) is 3.35. The maximum Gasteiger partial charge on any atom is 0.306 e. The van der Waals surface area contributed by atoms with Crippen molar-refractivity contribution in [2.45, 2.75) is 361 Å². The molecule has 6 nitrogen and oxygen atoms in total. The third kappa shape index (κ3) is 56.9. The van der Waals surface area contributed by atoms with Crippen LogP contribution in [0.15, 0.2) is 12.2 Å². The molecular weight excluding hydrogens is 853 g/mol. The lowest BCUT2D eigenvalue weighted by Gasteiger charge is -2.18. The van der Waals surface area contributed by atoms with Gasteiger partial charge < -0.3 is 14.2 Å². The zero-order valence-corrected chi connectivity index (χ0v) is 46.9. The van der Waals surface area contributed by atoms with Gasteiger partial charge in [0, 0.05) is 19.3 Å². The fourth-order valence-corrected chi connectivity index (χ4v) is 9.56. The van der Waals surface area contributed by atoms with Crippen molar-refractivity contribution in [1.82, 2.24) is 0 Å². The molecule has 0 aliphatic carbocycles. The van der Waals surface area contributed by atoms with Gasteiger partial charge in [0.1, 0.15) is 13.2 Å².